The highest BCUT2D eigenvalue weighted by atomic mass is 32.2. The summed E-state index contributed by atoms with van der Waals surface area (Å²) in [6.07, 6.45) is -1.65. The van der Waals surface area contributed by atoms with Crippen molar-refractivity contribution < 1.29 is 26.9 Å². The van der Waals surface area contributed by atoms with Crippen molar-refractivity contribution >= 4 is 39.2 Å². The van der Waals surface area contributed by atoms with E-state index in [9.17, 15) is 27.4 Å². The molecule has 45 heavy (non-hydrogen) atoms. The fourth-order valence-corrected chi connectivity index (χ4v) is 7.26. The summed E-state index contributed by atoms with van der Waals surface area (Å²) in [7, 11) is -0.704. The molecule has 224 valence electrons. The molecule has 0 saturated carbocycles. The van der Waals surface area contributed by atoms with Crippen LogP contribution in [0.3, 0.4) is 0 Å². The molecule has 11 heteroatoms. The summed E-state index contributed by atoms with van der Waals surface area (Å²) in [5.41, 5.74) is 4.89. The van der Waals surface area contributed by atoms with E-state index in [-0.39, 0.29) is 4.90 Å². The number of aromatic nitrogens is 2. The molecule has 6 aromatic rings. The Kier molecular flexibility index (Phi) is 8.10. The van der Waals surface area contributed by atoms with Crippen LogP contribution in [0.25, 0.3) is 44.4 Å². The Hall–Kier alpha value is -5.05. The van der Waals surface area contributed by atoms with Crippen molar-refractivity contribution in [2.75, 3.05) is 7.11 Å². The van der Waals surface area contributed by atoms with Crippen molar-refractivity contribution in [3.05, 3.63) is 118 Å². The van der Waals surface area contributed by atoms with Gasteiger partial charge in [0.1, 0.15) is 22.5 Å². The van der Waals surface area contributed by atoms with Crippen molar-refractivity contribution in [3.63, 3.8) is 0 Å². The van der Waals surface area contributed by atoms with Crippen LogP contribution in [-0.2, 0) is 15.7 Å². The number of nitrogens with zero attached hydrogens (tertiary/aromatic N) is 3. The monoisotopic (exact) mass is 641 g/mol. The summed E-state index contributed by atoms with van der Waals surface area (Å²) in [5, 5.41) is 12.1. The van der Waals surface area contributed by atoms with Gasteiger partial charge in [-0.25, -0.2) is 22.2 Å². The molecule has 0 aliphatic rings. The third kappa shape index (κ3) is 5.43. The zero-order valence-corrected chi connectivity index (χ0v) is 25.4. The molecule has 6 nitrogen and oxygen atoms in total. The molecule has 0 amide bonds. The lowest BCUT2D eigenvalue weighted by atomic mass is 9.94. The van der Waals surface area contributed by atoms with Crippen LogP contribution >= 0.6 is 11.3 Å². The van der Waals surface area contributed by atoms with Crippen LogP contribution < -0.4 is 0 Å². The Labute approximate surface area is 262 Å². The highest BCUT2D eigenvalue weighted by molar-refractivity contribution is 7.83. The van der Waals surface area contributed by atoms with Crippen LogP contribution in [0.15, 0.2) is 95.3 Å². The third-order valence-corrected chi connectivity index (χ3v) is 9.54. The van der Waals surface area contributed by atoms with Gasteiger partial charge in [0, 0.05) is 28.3 Å². The van der Waals surface area contributed by atoms with E-state index in [4.69, 9.17) is 4.74 Å². The highest BCUT2D eigenvalue weighted by Gasteiger charge is 2.27. The standard InChI is InChI=1S/C34H22F3N3O3S2/c1-19-14-22(34(41)43-2)6-9-25(19)20-4-3-5-21(15-20)32-31(26-12-13-44-30(26)17-38)27-16-23(35)7-11-29(27)40(32)45(42)24-8-10-28(33(36)37)39-18-24/h3-16,18,33H,1-2H3. The van der Waals surface area contributed by atoms with Gasteiger partial charge in [0.2, 0.25) is 0 Å². The first-order valence-electron chi connectivity index (χ1n) is 13.5. The Bertz CT molecular complexity index is 2170. The number of methoxy groups -OCH3 is 1. The zero-order chi connectivity index (χ0) is 31.8. The number of ether oxygens (including phenoxy) is 1. The second kappa shape index (κ2) is 12.1. The maximum atomic E-state index is 14.8. The van der Waals surface area contributed by atoms with Crippen LogP contribution in [0.1, 0.15) is 32.9 Å². The Morgan fingerprint density at radius 1 is 1.02 bits per heavy atom. The molecule has 0 aliphatic heterocycles. The number of hydrogen-bond donors (Lipinski definition) is 0. The van der Waals surface area contributed by atoms with Gasteiger partial charge >= 0.3 is 5.97 Å². The second-order valence-corrected chi connectivity index (χ2v) is 12.3. The Balaban J connectivity index is 1.64. The average molecular weight is 642 g/mol. The van der Waals surface area contributed by atoms with Gasteiger partial charge in [-0.05, 0) is 83.6 Å². The maximum Gasteiger partial charge on any atom is 0.337 e. The molecule has 0 radical (unpaired) electrons. The van der Waals surface area contributed by atoms with E-state index in [1.807, 2.05) is 37.3 Å². The quantitative estimate of drug-likeness (QED) is 0.163. The fraction of sp³-hybridized carbons (Fsp3) is 0.0882. The van der Waals surface area contributed by atoms with Crippen molar-refractivity contribution in [2.24, 2.45) is 0 Å². The number of hydrogen-bond acceptors (Lipinski definition) is 6. The van der Waals surface area contributed by atoms with Crippen LogP contribution in [0, 0.1) is 24.1 Å². The molecule has 0 saturated heterocycles. The number of nitriles is 1. The first-order chi connectivity index (χ1) is 21.7. The number of fused-ring (bicyclic) bond motifs is 1. The topological polar surface area (TPSA) is 85.0 Å². The predicted molar refractivity (Wildman–Crippen MR) is 168 cm³/mol. The average Bonchev–Trinajstić information content (AvgIpc) is 3.65. The number of esters is 1. The Morgan fingerprint density at radius 2 is 1.82 bits per heavy atom. The highest BCUT2D eigenvalue weighted by Crippen LogP contribution is 2.45. The molecule has 1 atom stereocenters. The molecule has 0 aliphatic carbocycles. The van der Waals surface area contributed by atoms with E-state index in [0.29, 0.717) is 43.7 Å². The van der Waals surface area contributed by atoms with E-state index in [1.165, 1.54) is 46.7 Å². The third-order valence-electron chi connectivity index (χ3n) is 7.37. The van der Waals surface area contributed by atoms with Crippen LogP contribution in [0.5, 0.6) is 0 Å². The van der Waals surface area contributed by atoms with Gasteiger partial charge in [-0.2, -0.15) is 5.26 Å². The minimum atomic E-state index is -2.79. The van der Waals surface area contributed by atoms with E-state index < -0.39 is 34.9 Å². The Morgan fingerprint density at radius 3 is 2.51 bits per heavy atom. The summed E-state index contributed by atoms with van der Waals surface area (Å²) < 4.78 is 62.0. The summed E-state index contributed by atoms with van der Waals surface area (Å²) in [5.74, 6) is -0.979. The zero-order valence-electron chi connectivity index (χ0n) is 23.8. The van der Waals surface area contributed by atoms with Crippen LogP contribution in [0.4, 0.5) is 13.2 Å². The lowest BCUT2D eigenvalue weighted by Gasteiger charge is -2.14. The molecule has 0 fully saturated rings. The number of alkyl halides is 2. The number of halogens is 3. The van der Waals surface area contributed by atoms with Gasteiger partial charge in [0.05, 0.1) is 28.8 Å². The van der Waals surface area contributed by atoms with Crippen LogP contribution in [0.2, 0.25) is 0 Å². The minimum absolute atomic E-state index is 0.157. The number of carbonyl (C=O) groups is 1. The molecule has 0 bridgehead atoms. The summed E-state index contributed by atoms with van der Waals surface area (Å²) in [6, 6.07) is 23.2. The normalized spacial score (nSPS) is 11.9. The lowest BCUT2D eigenvalue weighted by molar-refractivity contribution is 0.0600. The van der Waals surface area contributed by atoms with Crippen molar-refractivity contribution in [3.8, 4) is 39.6 Å². The molecule has 3 aromatic carbocycles. The van der Waals surface area contributed by atoms with Gasteiger partial charge < -0.3 is 4.74 Å². The van der Waals surface area contributed by atoms with E-state index >= 15 is 0 Å². The lowest BCUT2D eigenvalue weighted by Crippen LogP contribution is -2.08. The molecular formula is C34H22F3N3O3S2. The number of carbonyl (C=O) groups excluding carboxylic acids is 1. The van der Waals surface area contributed by atoms with E-state index in [2.05, 4.69) is 11.1 Å². The number of thiophene rings is 1. The number of aryl methyl sites for hydroxylation is 1. The maximum absolute atomic E-state index is 14.8. The SMILES string of the molecule is COC(=O)c1ccc(-c2cccc(-c3c(-c4ccsc4C#N)c4cc(F)ccc4n3S(=O)c3ccc(C(F)F)nc3)c2)c(C)c1. The molecule has 0 spiro atoms. The predicted octanol–water partition coefficient (Wildman–Crippen LogP) is 8.71. The summed E-state index contributed by atoms with van der Waals surface area (Å²) in [6.45, 7) is 1.87. The summed E-state index contributed by atoms with van der Waals surface area (Å²) >= 11 is 1.23. The minimum Gasteiger partial charge on any atom is -0.465 e. The first kappa shape index (κ1) is 30.0. The van der Waals surface area contributed by atoms with Crippen LogP contribution in [-0.4, -0.2) is 26.2 Å². The fourth-order valence-electron chi connectivity index (χ4n) is 5.33. The second-order valence-electron chi connectivity index (χ2n) is 10.0. The van der Waals surface area contributed by atoms with E-state index in [0.717, 1.165) is 29.0 Å². The number of benzene rings is 3. The molecule has 3 aromatic heterocycles. The molecule has 0 N–H and O–H groups in total. The van der Waals surface area contributed by atoms with Gasteiger partial charge in [0.15, 0.2) is 11.0 Å². The van der Waals surface area contributed by atoms with Gasteiger partial charge in [-0.3, -0.25) is 8.96 Å². The van der Waals surface area contributed by atoms with Gasteiger partial charge in [0.25, 0.3) is 6.43 Å². The van der Waals surface area contributed by atoms with Gasteiger partial charge in [-0.15, -0.1) is 11.3 Å². The molecule has 3 heterocycles. The molecular weight excluding hydrogens is 620 g/mol. The molecule has 6 rings (SSSR count). The van der Waals surface area contributed by atoms with Gasteiger partial charge in [-0.1, -0.05) is 24.3 Å². The van der Waals surface area contributed by atoms with Crippen molar-refractivity contribution in [1.82, 2.24) is 8.96 Å². The number of rotatable bonds is 7. The largest absolute Gasteiger partial charge is 0.465 e. The number of pyridine rings is 1. The summed E-state index contributed by atoms with van der Waals surface area (Å²) in [4.78, 5) is 16.4. The van der Waals surface area contributed by atoms with Crippen molar-refractivity contribution in [2.45, 2.75) is 18.2 Å². The van der Waals surface area contributed by atoms with E-state index in [1.54, 1.807) is 23.6 Å². The van der Waals surface area contributed by atoms with Crippen molar-refractivity contribution in [1.29, 1.82) is 5.26 Å². The molecule has 1 unspecified atom stereocenters. The first-order valence-corrected chi connectivity index (χ1v) is 15.5. The smallest absolute Gasteiger partial charge is 0.337 e.